The van der Waals surface area contributed by atoms with Gasteiger partial charge in [0, 0.05) is 29.0 Å². The molecule has 0 fully saturated rings. The van der Waals surface area contributed by atoms with Crippen LogP contribution in [0.15, 0.2) is 22.7 Å². The summed E-state index contributed by atoms with van der Waals surface area (Å²) >= 11 is 4.91. The van der Waals surface area contributed by atoms with Crippen LogP contribution in [0.1, 0.15) is 18.9 Å². The molecule has 1 heterocycles. The van der Waals surface area contributed by atoms with Gasteiger partial charge in [0.25, 0.3) is 0 Å². The van der Waals surface area contributed by atoms with Crippen LogP contribution in [-0.2, 0) is 6.42 Å². The summed E-state index contributed by atoms with van der Waals surface area (Å²) in [5.41, 5.74) is 0.751. The van der Waals surface area contributed by atoms with E-state index in [1.165, 1.54) is 23.5 Å². The zero-order valence-corrected chi connectivity index (χ0v) is 13.2. The van der Waals surface area contributed by atoms with E-state index in [2.05, 4.69) is 45.3 Å². The van der Waals surface area contributed by atoms with Gasteiger partial charge in [-0.25, -0.2) is 4.39 Å². The second kappa shape index (κ2) is 6.54. The normalized spacial score (nSPS) is 11.2. The number of rotatable bonds is 5. The van der Waals surface area contributed by atoms with E-state index in [0.29, 0.717) is 6.04 Å². The number of hydrogen-bond acceptors (Lipinski definition) is 4. The molecule has 102 valence electrons. The Morgan fingerprint density at radius 2 is 2.16 bits per heavy atom. The summed E-state index contributed by atoms with van der Waals surface area (Å²) in [4.78, 5) is 0. The Hall–Kier alpha value is -0.850. The van der Waals surface area contributed by atoms with Crippen LogP contribution in [-0.4, -0.2) is 22.8 Å². The Labute approximate surface area is 124 Å². The van der Waals surface area contributed by atoms with Crippen molar-refractivity contribution in [2.45, 2.75) is 26.3 Å². The van der Waals surface area contributed by atoms with Gasteiger partial charge in [0.1, 0.15) is 15.8 Å². The third kappa shape index (κ3) is 4.06. The number of hydrogen-bond donors (Lipinski definition) is 1. The molecule has 0 aliphatic heterocycles. The molecule has 0 amide bonds. The van der Waals surface area contributed by atoms with E-state index in [4.69, 9.17) is 0 Å². The molecule has 0 unspecified atom stereocenters. The molecule has 1 N–H and O–H groups in total. The minimum Gasteiger partial charge on any atom is -0.314 e. The maximum Gasteiger partial charge on any atom is 0.149 e. The van der Waals surface area contributed by atoms with Crippen LogP contribution >= 0.6 is 27.3 Å². The van der Waals surface area contributed by atoms with E-state index in [1.54, 1.807) is 6.07 Å². The lowest BCUT2D eigenvalue weighted by atomic mass is 10.2. The van der Waals surface area contributed by atoms with E-state index in [1.807, 2.05) is 0 Å². The Balaban J connectivity index is 2.10. The molecular weight excluding hydrogens is 329 g/mol. The fraction of sp³-hybridized carbons (Fsp3) is 0.385. The average Bonchev–Trinajstić information content (AvgIpc) is 2.80. The van der Waals surface area contributed by atoms with Crippen molar-refractivity contribution in [1.29, 1.82) is 0 Å². The third-order valence-corrected chi connectivity index (χ3v) is 4.22. The first kappa shape index (κ1) is 14.6. The number of benzene rings is 1. The van der Waals surface area contributed by atoms with E-state index in [-0.39, 0.29) is 5.82 Å². The minimum absolute atomic E-state index is 0.267. The smallest absolute Gasteiger partial charge is 0.149 e. The average molecular weight is 344 g/mol. The van der Waals surface area contributed by atoms with Crippen LogP contribution in [0.2, 0.25) is 0 Å². The van der Waals surface area contributed by atoms with Crippen LogP contribution < -0.4 is 5.32 Å². The summed E-state index contributed by atoms with van der Waals surface area (Å²) in [6.07, 6.45) is 0.836. The van der Waals surface area contributed by atoms with Gasteiger partial charge >= 0.3 is 0 Å². The van der Waals surface area contributed by atoms with Gasteiger partial charge in [-0.05, 0) is 18.2 Å². The summed E-state index contributed by atoms with van der Waals surface area (Å²) in [7, 11) is 0. The molecule has 0 spiro atoms. The summed E-state index contributed by atoms with van der Waals surface area (Å²) in [5, 5.41) is 13.3. The fourth-order valence-corrected chi connectivity index (χ4v) is 3.03. The predicted octanol–water partition coefficient (Wildman–Crippen LogP) is 3.65. The highest BCUT2D eigenvalue weighted by atomic mass is 79.9. The van der Waals surface area contributed by atoms with Crippen LogP contribution in [0.5, 0.6) is 0 Å². The number of nitrogens with zero attached hydrogens (tertiary/aromatic N) is 2. The van der Waals surface area contributed by atoms with Crippen LogP contribution in [0.3, 0.4) is 0 Å². The van der Waals surface area contributed by atoms with Crippen LogP contribution in [0.4, 0.5) is 4.39 Å². The fourth-order valence-electron chi connectivity index (χ4n) is 1.59. The van der Waals surface area contributed by atoms with Crippen molar-refractivity contribution in [2.75, 3.05) is 6.54 Å². The zero-order valence-electron chi connectivity index (χ0n) is 10.8. The summed E-state index contributed by atoms with van der Waals surface area (Å²) in [5.74, 6) is -0.267. The van der Waals surface area contributed by atoms with Gasteiger partial charge in [-0.1, -0.05) is 41.1 Å². The minimum atomic E-state index is -0.267. The second-order valence-corrected chi connectivity index (χ2v) is 6.40. The molecule has 0 atom stereocenters. The highest BCUT2D eigenvalue weighted by molar-refractivity contribution is 9.10. The number of aromatic nitrogens is 2. The molecule has 19 heavy (non-hydrogen) atoms. The first-order valence-electron chi connectivity index (χ1n) is 6.07. The quantitative estimate of drug-likeness (QED) is 0.900. The van der Waals surface area contributed by atoms with Crippen molar-refractivity contribution in [2.24, 2.45) is 0 Å². The van der Waals surface area contributed by atoms with Crippen molar-refractivity contribution in [3.8, 4) is 10.6 Å². The van der Waals surface area contributed by atoms with Crippen molar-refractivity contribution >= 4 is 27.3 Å². The summed E-state index contributed by atoms with van der Waals surface area (Å²) < 4.78 is 14.1. The molecular formula is C13H15BrFN3S. The van der Waals surface area contributed by atoms with Crippen LogP contribution in [0, 0.1) is 5.82 Å². The Kier molecular flexibility index (Phi) is 5.01. The largest absolute Gasteiger partial charge is 0.314 e. The molecule has 0 saturated carbocycles. The molecule has 0 aliphatic carbocycles. The number of halogens is 2. The molecule has 1 aromatic heterocycles. The van der Waals surface area contributed by atoms with Gasteiger partial charge in [-0.3, -0.25) is 0 Å². The topological polar surface area (TPSA) is 37.8 Å². The maximum atomic E-state index is 13.3. The summed E-state index contributed by atoms with van der Waals surface area (Å²) in [6, 6.07) is 5.04. The van der Waals surface area contributed by atoms with Gasteiger partial charge in [0.05, 0.1) is 0 Å². The predicted molar refractivity (Wildman–Crippen MR) is 79.8 cm³/mol. The van der Waals surface area contributed by atoms with Gasteiger partial charge in [-0.2, -0.15) is 0 Å². The Morgan fingerprint density at radius 1 is 1.37 bits per heavy atom. The maximum absolute atomic E-state index is 13.3. The first-order valence-corrected chi connectivity index (χ1v) is 7.68. The lowest BCUT2D eigenvalue weighted by Gasteiger charge is -2.05. The van der Waals surface area contributed by atoms with Crippen LogP contribution in [0.25, 0.3) is 10.6 Å². The molecule has 2 aromatic rings. The Bertz CT molecular complexity index is 557. The van der Waals surface area contributed by atoms with E-state index in [0.717, 1.165) is 33.0 Å². The molecule has 0 aliphatic rings. The molecule has 2 rings (SSSR count). The lowest BCUT2D eigenvalue weighted by Crippen LogP contribution is -2.24. The number of nitrogens with one attached hydrogen (secondary N) is 1. The van der Waals surface area contributed by atoms with E-state index in [9.17, 15) is 4.39 Å². The highest BCUT2D eigenvalue weighted by Crippen LogP contribution is 2.31. The second-order valence-electron chi connectivity index (χ2n) is 4.48. The highest BCUT2D eigenvalue weighted by Gasteiger charge is 2.11. The van der Waals surface area contributed by atoms with E-state index < -0.39 is 0 Å². The molecule has 1 aromatic carbocycles. The molecule has 0 bridgehead atoms. The SMILES string of the molecule is CC(C)NCCc1nnc(-c2cc(F)ccc2Br)s1. The monoisotopic (exact) mass is 343 g/mol. The van der Waals surface area contributed by atoms with Crippen molar-refractivity contribution in [3.63, 3.8) is 0 Å². The van der Waals surface area contributed by atoms with Crippen molar-refractivity contribution < 1.29 is 4.39 Å². The van der Waals surface area contributed by atoms with Gasteiger partial charge in [0.15, 0.2) is 0 Å². The van der Waals surface area contributed by atoms with Crippen molar-refractivity contribution in [1.82, 2.24) is 15.5 Å². The standard InChI is InChI=1S/C13H15BrFN3S/c1-8(2)16-6-5-12-17-18-13(19-12)10-7-9(15)3-4-11(10)14/h3-4,7-8,16H,5-6H2,1-2H3. The van der Waals surface area contributed by atoms with Gasteiger partial charge in [0.2, 0.25) is 0 Å². The molecule has 3 nitrogen and oxygen atoms in total. The Morgan fingerprint density at radius 3 is 2.89 bits per heavy atom. The lowest BCUT2D eigenvalue weighted by molar-refractivity contribution is 0.588. The summed E-state index contributed by atoms with van der Waals surface area (Å²) in [6.45, 7) is 5.08. The molecule has 0 saturated heterocycles. The van der Waals surface area contributed by atoms with Crippen molar-refractivity contribution in [3.05, 3.63) is 33.5 Å². The zero-order chi connectivity index (χ0) is 13.8. The van der Waals surface area contributed by atoms with Gasteiger partial charge < -0.3 is 5.32 Å². The van der Waals surface area contributed by atoms with E-state index >= 15 is 0 Å². The third-order valence-electron chi connectivity index (χ3n) is 2.52. The van der Waals surface area contributed by atoms with Gasteiger partial charge in [-0.15, -0.1) is 10.2 Å². The first-order chi connectivity index (χ1) is 9.06. The molecule has 6 heteroatoms. The molecule has 0 radical (unpaired) electrons.